The molecule has 1 fully saturated rings. The molecule has 130 valence electrons. The fourth-order valence-electron chi connectivity index (χ4n) is 3.89. The Balaban J connectivity index is 1.78. The van der Waals surface area contributed by atoms with Crippen molar-refractivity contribution in [2.45, 2.75) is 32.2 Å². The Kier molecular flexibility index (Phi) is 3.46. The summed E-state index contributed by atoms with van der Waals surface area (Å²) < 4.78 is 6.87. The first-order valence-corrected chi connectivity index (χ1v) is 9.63. The minimum absolute atomic E-state index is 0.00683. The third kappa shape index (κ3) is 2.26. The molecule has 5 heterocycles. The molecule has 3 aromatic rings. The highest BCUT2D eigenvalue weighted by atomic mass is 32.1. The molecule has 3 aromatic heterocycles. The van der Waals surface area contributed by atoms with Crippen molar-refractivity contribution in [1.82, 2.24) is 20.1 Å². The first-order chi connectivity index (χ1) is 12.2. The van der Waals surface area contributed by atoms with Gasteiger partial charge in [0.25, 0.3) is 5.56 Å². The van der Waals surface area contributed by atoms with Crippen LogP contribution in [0.25, 0.3) is 20.5 Å². The van der Waals surface area contributed by atoms with Crippen molar-refractivity contribution < 1.29 is 4.74 Å². The van der Waals surface area contributed by atoms with Gasteiger partial charge in [-0.25, -0.2) is 0 Å². The third-order valence-electron chi connectivity index (χ3n) is 5.38. The second-order valence-corrected chi connectivity index (χ2v) is 7.84. The molecule has 0 radical (unpaired) electrons. The maximum absolute atomic E-state index is 12.8. The van der Waals surface area contributed by atoms with E-state index in [1.165, 1.54) is 23.3 Å². The van der Waals surface area contributed by atoms with Crippen LogP contribution in [0.2, 0.25) is 0 Å². The number of aromatic nitrogens is 3. The van der Waals surface area contributed by atoms with Crippen LogP contribution in [0.5, 0.6) is 5.75 Å². The Bertz CT molecular complexity index is 985. The fraction of sp³-hybridized carbons (Fsp3) is 0.444. The number of hydrogen-bond donors (Lipinski definition) is 2. The number of thiophene rings is 1. The van der Waals surface area contributed by atoms with Crippen LogP contribution in [-0.2, 0) is 6.42 Å². The van der Waals surface area contributed by atoms with Gasteiger partial charge < -0.3 is 9.72 Å². The van der Waals surface area contributed by atoms with Crippen molar-refractivity contribution in [1.29, 1.82) is 0 Å². The molecular weight excluding hydrogens is 336 g/mol. The summed E-state index contributed by atoms with van der Waals surface area (Å²) in [6, 6.07) is 0.240. The number of pyridine rings is 1. The molecule has 2 N–H and O–H groups in total. The summed E-state index contributed by atoms with van der Waals surface area (Å²) in [7, 11) is 0. The van der Waals surface area contributed by atoms with Crippen LogP contribution in [0.1, 0.15) is 37.1 Å². The highest BCUT2D eigenvalue weighted by molar-refractivity contribution is 7.22. The van der Waals surface area contributed by atoms with Crippen molar-refractivity contribution in [2.24, 2.45) is 0 Å². The van der Waals surface area contributed by atoms with E-state index >= 15 is 0 Å². The van der Waals surface area contributed by atoms with E-state index in [0.717, 1.165) is 57.9 Å². The lowest BCUT2D eigenvalue weighted by Crippen LogP contribution is -2.40. The van der Waals surface area contributed by atoms with Crippen LogP contribution < -0.4 is 10.3 Å². The molecule has 2 aliphatic heterocycles. The van der Waals surface area contributed by atoms with E-state index < -0.39 is 0 Å². The minimum atomic E-state index is -0.00683. The summed E-state index contributed by atoms with van der Waals surface area (Å²) >= 11 is 1.50. The number of nitrogens with zero attached hydrogens (tertiary/aromatic N) is 2. The van der Waals surface area contributed by atoms with Gasteiger partial charge in [0.1, 0.15) is 10.4 Å². The van der Waals surface area contributed by atoms with Gasteiger partial charge in [-0.2, -0.15) is 5.10 Å². The predicted octanol–water partition coefficient (Wildman–Crippen LogP) is 3.07. The summed E-state index contributed by atoms with van der Waals surface area (Å²) in [4.78, 5) is 19.4. The molecular formula is C18H20N4O2S. The molecule has 1 atom stereocenters. The first-order valence-electron chi connectivity index (χ1n) is 8.81. The van der Waals surface area contributed by atoms with Gasteiger partial charge in [0.15, 0.2) is 0 Å². The van der Waals surface area contributed by atoms with Crippen LogP contribution in [0.4, 0.5) is 0 Å². The van der Waals surface area contributed by atoms with Crippen LogP contribution in [0.15, 0.2) is 17.2 Å². The molecule has 0 aliphatic carbocycles. The Morgan fingerprint density at radius 1 is 1.36 bits per heavy atom. The van der Waals surface area contributed by atoms with Crippen molar-refractivity contribution in [3.63, 3.8) is 0 Å². The third-order valence-corrected chi connectivity index (χ3v) is 6.60. The molecule has 1 saturated heterocycles. The molecule has 0 bridgehead atoms. The molecule has 5 rings (SSSR count). The second-order valence-electron chi connectivity index (χ2n) is 6.82. The number of aryl methyl sites for hydroxylation is 1. The second kappa shape index (κ2) is 5.71. The molecule has 6 nitrogen and oxygen atoms in total. The average Bonchev–Trinajstić information content (AvgIpc) is 3.14. The summed E-state index contributed by atoms with van der Waals surface area (Å²) in [5.74, 6) is 0.858. The Morgan fingerprint density at radius 2 is 2.24 bits per heavy atom. The number of nitrogens with one attached hydrogen (secondary N) is 2. The number of H-pyrrole nitrogens is 2. The molecule has 0 saturated carbocycles. The van der Waals surface area contributed by atoms with Gasteiger partial charge in [0.2, 0.25) is 0 Å². The zero-order chi connectivity index (χ0) is 17.0. The number of aromatic amines is 2. The smallest absolute Gasteiger partial charge is 0.266 e. The zero-order valence-corrected chi connectivity index (χ0v) is 14.9. The van der Waals surface area contributed by atoms with Crippen LogP contribution in [-0.4, -0.2) is 39.8 Å². The van der Waals surface area contributed by atoms with E-state index in [0.29, 0.717) is 6.61 Å². The lowest BCUT2D eigenvalue weighted by Gasteiger charge is -2.37. The van der Waals surface area contributed by atoms with Gasteiger partial charge in [-0.1, -0.05) is 0 Å². The van der Waals surface area contributed by atoms with Gasteiger partial charge in [0, 0.05) is 42.0 Å². The van der Waals surface area contributed by atoms with Gasteiger partial charge in [-0.3, -0.25) is 14.8 Å². The van der Waals surface area contributed by atoms with Gasteiger partial charge in [-0.05, 0) is 31.7 Å². The summed E-state index contributed by atoms with van der Waals surface area (Å²) in [5.41, 5.74) is 3.29. The fourth-order valence-corrected chi connectivity index (χ4v) is 5.04. The van der Waals surface area contributed by atoms with Crippen molar-refractivity contribution in [3.05, 3.63) is 34.0 Å². The Morgan fingerprint density at radius 3 is 2.96 bits per heavy atom. The molecule has 0 aromatic carbocycles. The maximum Gasteiger partial charge on any atom is 0.266 e. The summed E-state index contributed by atoms with van der Waals surface area (Å²) in [6.07, 6.45) is 6.78. The van der Waals surface area contributed by atoms with Crippen LogP contribution in [0.3, 0.4) is 0 Å². The number of ether oxygens (including phenoxy) is 1. The zero-order valence-electron chi connectivity index (χ0n) is 14.1. The minimum Gasteiger partial charge on any atom is -0.491 e. The maximum atomic E-state index is 12.8. The predicted molar refractivity (Wildman–Crippen MR) is 98.4 cm³/mol. The number of likely N-dealkylation sites (tertiary alicyclic amines) is 1. The number of hydrogen-bond acceptors (Lipinski definition) is 5. The average molecular weight is 356 g/mol. The van der Waals surface area contributed by atoms with Gasteiger partial charge in [-0.15, -0.1) is 11.3 Å². The molecule has 1 unspecified atom stereocenters. The highest BCUT2D eigenvalue weighted by Crippen LogP contribution is 2.47. The number of rotatable bonds is 3. The van der Waals surface area contributed by atoms with Gasteiger partial charge in [0.05, 0.1) is 17.7 Å². The van der Waals surface area contributed by atoms with Crippen molar-refractivity contribution in [2.75, 3.05) is 19.7 Å². The largest absolute Gasteiger partial charge is 0.491 e. The highest BCUT2D eigenvalue weighted by Gasteiger charge is 2.29. The van der Waals surface area contributed by atoms with Crippen LogP contribution >= 0.6 is 11.3 Å². The lowest BCUT2D eigenvalue weighted by molar-refractivity contribution is 0.125. The van der Waals surface area contributed by atoms with E-state index in [1.807, 2.05) is 6.20 Å². The first kappa shape index (κ1) is 15.2. The van der Waals surface area contributed by atoms with E-state index in [2.05, 4.69) is 27.0 Å². The topological polar surface area (TPSA) is 74.0 Å². The van der Waals surface area contributed by atoms with Gasteiger partial charge >= 0.3 is 0 Å². The molecule has 2 aliphatic rings. The lowest BCUT2D eigenvalue weighted by atomic mass is 9.97. The molecule has 25 heavy (non-hydrogen) atoms. The van der Waals surface area contributed by atoms with E-state index in [9.17, 15) is 4.79 Å². The molecule has 0 amide bonds. The standard InChI is InChI=1S/C18H20N4O2S/c1-10(22-5-3-6-22)14-12-4-2-7-24-15-13(12)17(18(23)21-14)25-16(15)11-8-19-20-9-11/h8-10H,2-7H2,1H3,(H,19,20)(H,21,23). The Labute approximate surface area is 148 Å². The van der Waals surface area contributed by atoms with E-state index in [4.69, 9.17) is 4.74 Å². The van der Waals surface area contributed by atoms with Crippen molar-refractivity contribution >= 4 is 21.4 Å². The monoisotopic (exact) mass is 356 g/mol. The summed E-state index contributed by atoms with van der Waals surface area (Å²) in [6.45, 7) is 5.08. The summed E-state index contributed by atoms with van der Waals surface area (Å²) in [5, 5.41) is 7.92. The quantitative estimate of drug-likeness (QED) is 0.756. The van der Waals surface area contributed by atoms with E-state index in [1.54, 1.807) is 6.20 Å². The molecule has 7 heteroatoms. The normalized spacial score (nSPS) is 18.6. The van der Waals surface area contributed by atoms with E-state index in [-0.39, 0.29) is 11.6 Å². The van der Waals surface area contributed by atoms with Crippen molar-refractivity contribution in [3.8, 4) is 16.2 Å². The SMILES string of the molecule is CC(c1[nH]c(=O)c2sc(-c3cn[nH]c3)c3c2c1CCCO3)N1CCC1. The molecule has 0 spiro atoms. The van der Waals surface area contributed by atoms with Crippen LogP contribution in [0, 0.1) is 0 Å². The Hall–Kier alpha value is -2.12.